The summed E-state index contributed by atoms with van der Waals surface area (Å²) in [6.07, 6.45) is -7.43. The lowest BCUT2D eigenvalue weighted by Gasteiger charge is -2.17. The largest absolute Gasteiger partial charge is 0.472 e. The standard InChI is InChI=1S/C9H6ClF3O2/c10-8(14)7(9(11,12)13)15-6-4-2-1-3-5-6/h1-5,7H. The lowest BCUT2D eigenvalue weighted by molar-refractivity contribution is -0.192. The molecule has 0 heterocycles. The monoisotopic (exact) mass is 238 g/mol. The van der Waals surface area contributed by atoms with Gasteiger partial charge >= 0.3 is 6.18 Å². The first-order valence-corrected chi connectivity index (χ1v) is 4.27. The average molecular weight is 239 g/mol. The Morgan fingerprint density at radius 3 is 2.20 bits per heavy atom. The molecule has 0 aliphatic heterocycles. The van der Waals surface area contributed by atoms with Crippen molar-refractivity contribution in [1.82, 2.24) is 0 Å². The molecule has 0 spiro atoms. The summed E-state index contributed by atoms with van der Waals surface area (Å²) in [5.74, 6) is -0.0613. The van der Waals surface area contributed by atoms with Gasteiger partial charge in [0, 0.05) is 0 Å². The number of alkyl halides is 3. The van der Waals surface area contributed by atoms with Gasteiger partial charge in [0.1, 0.15) is 5.75 Å². The first-order chi connectivity index (χ1) is 6.91. The predicted molar refractivity (Wildman–Crippen MR) is 47.8 cm³/mol. The van der Waals surface area contributed by atoms with E-state index in [4.69, 9.17) is 11.6 Å². The summed E-state index contributed by atoms with van der Waals surface area (Å²) in [7, 11) is 0. The van der Waals surface area contributed by atoms with Crippen LogP contribution < -0.4 is 4.74 Å². The van der Waals surface area contributed by atoms with E-state index in [1.807, 2.05) is 0 Å². The van der Waals surface area contributed by atoms with Crippen LogP contribution in [0.1, 0.15) is 0 Å². The number of benzene rings is 1. The summed E-state index contributed by atoms with van der Waals surface area (Å²) < 4.78 is 41.1. The third kappa shape index (κ3) is 3.43. The zero-order chi connectivity index (χ0) is 11.5. The molecule has 1 unspecified atom stereocenters. The van der Waals surface area contributed by atoms with Gasteiger partial charge in [-0.15, -0.1) is 0 Å². The van der Waals surface area contributed by atoms with E-state index in [-0.39, 0.29) is 5.75 Å². The van der Waals surface area contributed by atoms with Crippen molar-refractivity contribution < 1.29 is 22.7 Å². The molecule has 2 nitrogen and oxygen atoms in total. The minimum atomic E-state index is -4.81. The van der Waals surface area contributed by atoms with Gasteiger partial charge in [-0.05, 0) is 23.7 Å². The second-order valence-electron chi connectivity index (χ2n) is 2.66. The van der Waals surface area contributed by atoms with Crippen LogP contribution in [0.4, 0.5) is 13.2 Å². The molecule has 15 heavy (non-hydrogen) atoms. The molecule has 0 aliphatic rings. The van der Waals surface area contributed by atoms with Crippen LogP contribution >= 0.6 is 11.6 Å². The number of carbonyl (C=O) groups excluding carboxylic acids is 1. The summed E-state index contributed by atoms with van der Waals surface area (Å²) in [6.45, 7) is 0. The van der Waals surface area contributed by atoms with Crippen molar-refractivity contribution in [3.05, 3.63) is 30.3 Å². The number of carbonyl (C=O) groups is 1. The first-order valence-electron chi connectivity index (χ1n) is 3.89. The molecule has 82 valence electrons. The Kier molecular flexibility index (Phi) is 3.57. The minimum Gasteiger partial charge on any atom is -0.472 e. The van der Waals surface area contributed by atoms with Crippen molar-refractivity contribution >= 4 is 16.8 Å². The highest BCUT2D eigenvalue weighted by atomic mass is 35.5. The molecule has 0 aliphatic carbocycles. The van der Waals surface area contributed by atoms with Crippen LogP contribution in [0.5, 0.6) is 5.75 Å². The highest BCUT2D eigenvalue weighted by Gasteiger charge is 2.46. The normalized spacial score (nSPS) is 13.3. The van der Waals surface area contributed by atoms with Crippen LogP contribution in [0.3, 0.4) is 0 Å². The van der Waals surface area contributed by atoms with Crippen LogP contribution in [0.25, 0.3) is 0 Å². The molecule has 0 bridgehead atoms. The summed E-state index contributed by atoms with van der Waals surface area (Å²) in [5, 5.41) is -1.59. The predicted octanol–water partition coefficient (Wildman–Crippen LogP) is 2.76. The van der Waals surface area contributed by atoms with Gasteiger partial charge in [-0.2, -0.15) is 13.2 Å². The van der Waals surface area contributed by atoms with Gasteiger partial charge in [-0.3, -0.25) is 4.79 Å². The van der Waals surface area contributed by atoms with Crippen molar-refractivity contribution in [2.75, 3.05) is 0 Å². The van der Waals surface area contributed by atoms with Crippen molar-refractivity contribution in [3.8, 4) is 5.75 Å². The molecule has 1 aromatic rings. The maximum atomic E-state index is 12.2. The average Bonchev–Trinajstić information content (AvgIpc) is 2.13. The minimum absolute atomic E-state index is 0.0613. The molecule has 1 aromatic carbocycles. The molecular weight excluding hydrogens is 233 g/mol. The third-order valence-electron chi connectivity index (χ3n) is 1.50. The summed E-state index contributed by atoms with van der Waals surface area (Å²) in [5.41, 5.74) is 0. The number of para-hydroxylation sites is 1. The van der Waals surface area contributed by atoms with Gasteiger partial charge in [-0.1, -0.05) is 18.2 Å². The lowest BCUT2D eigenvalue weighted by Crippen LogP contribution is -2.39. The molecule has 0 fully saturated rings. The second kappa shape index (κ2) is 4.53. The number of rotatable bonds is 3. The SMILES string of the molecule is O=C(Cl)C(Oc1ccccc1)C(F)(F)F. The first kappa shape index (κ1) is 11.8. The molecular formula is C9H6ClF3O2. The zero-order valence-corrected chi connectivity index (χ0v) is 8.05. The Morgan fingerprint density at radius 1 is 1.27 bits per heavy atom. The number of hydrogen-bond acceptors (Lipinski definition) is 2. The quantitative estimate of drug-likeness (QED) is 0.757. The van der Waals surface area contributed by atoms with E-state index in [0.717, 1.165) is 0 Å². The lowest BCUT2D eigenvalue weighted by atomic mass is 10.3. The molecule has 0 radical (unpaired) electrons. The van der Waals surface area contributed by atoms with Gasteiger partial charge in [0.15, 0.2) is 0 Å². The molecule has 1 rings (SSSR count). The fourth-order valence-corrected chi connectivity index (χ4v) is 1.05. The Bertz CT molecular complexity index is 337. The van der Waals surface area contributed by atoms with Crippen molar-refractivity contribution in [1.29, 1.82) is 0 Å². The molecule has 0 amide bonds. The Balaban J connectivity index is 2.82. The topological polar surface area (TPSA) is 26.3 Å². The molecule has 6 heteroatoms. The highest BCUT2D eigenvalue weighted by Crippen LogP contribution is 2.26. The van der Waals surface area contributed by atoms with Gasteiger partial charge in [0.25, 0.3) is 11.3 Å². The molecule has 1 atom stereocenters. The highest BCUT2D eigenvalue weighted by molar-refractivity contribution is 6.64. The van der Waals surface area contributed by atoms with Crippen LogP contribution in [0.15, 0.2) is 30.3 Å². The molecule has 0 saturated heterocycles. The molecule has 0 aromatic heterocycles. The second-order valence-corrected chi connectivity index (χ2v) is 3.03. The van der Waals surface area contributed by atoms with Gasteiger partial charge in [-0.25, -0.2) is 0 Å². The Labute approximate surface area is 88.6 Å². The summed E-state index contributed by atoms with van der Waals surface area (Å²) >= 11 is 4.79. The maximum absolute atomic E-state index is 12.2. The number of hydrogen-bond donors (Lipinski definition) is 0. The Morgan fingerprint density at radius 2 is 1.80 bits per heavy atom. The Hall–Kier alpha value is -1.23. The van der Waals surface area contributed by atoms with Gasteiger partial charge < -0.3 is 4.74 Å². The van der Waals surface area contributed by atoms with E-state index in [9.17, 15) is 18.0 Å². The van der Waals surface area contributed by atoms with Crippen LogP contribution in [-0.2, 0) is 4.79 Å². The van der Waals surface area contributed by atoms with Crippen molar-refractivity contribution in [2.45, 2.75) is 12.3 Å². The summed E-state index contributed by atoms with van der Waals surface area (Å²) in [6, 6.07) is 7.19. The van der Waals surface area contributed by atoms with E-state index in [1.54, 1.807) is 6.07 Å². The van der Waals surface area contributed by atoms with E-state index in [2.05, 4.69) is 4.74 Å². The smallest absolute Gasteiger partial charge is 0.434 e. The van der Waals surface area contributed by atoms with Gasteiger partial charge in [0.2, 0.25) is 0 Å². The third-order valence-corrected chi connectivity index (χ3v) is 1.70. The van der Waals surface area contributed by atoms with Crippen molar-refractivity contribution in [3.63, 3.8) is 0 Å². The maximum Gasteiger partial charge on any atom is 0.434 e. The fourth-order valence-electron chi connectivity index (χ4n) is 0.877. The van der Waals surface area contributed by atoms with E-state index >= 15 is 0 Å². The van der Waals surface area contributed by atoms with Crippen LogP contribution in [0.2, 0.25) is 0 Å². The number of ether oxygens (including phenoxy) is 1. The van der Waals surface area contributed by atoms with Crippen LogP contribution in [0, 0.1) is 0 Å². The van der Waals surface area contributed by atoms with Crippen molar-refractivity contribution in [2.24, 2.45) is 0 Å². The van der Waals surface area contributed by atoms with E-state index in [1.165, 1.54) is 24.3 Å². The fraction of sp³-hybridized carbons (Fsp3) is 0.222. The molecule has 0 saturated carbocycles. The number of halogens is 4. The van der Waals surface area contributed by atoms with E-state index < -0.39 is 17.5 Å². The van der Waals surface area contributed by atoms with Gasteiger partial charge in [0.05, 0.1) is 0 Å². The zero-order valence-electron chi connectivity index (χ0n) is 7.29. The summed E-state index contributed by atoms with van der Waals surface area (Å²) in [4.78, 5) is 10.5. The van der Waals surface area contributed by atoms with Crippen LogP contribution in [-0.4, -0.2) is 17.5 Å². The molecule has 0 N–H and O–H groups in total. The van der Waals surface area contributed by atoms with E-state index in [0.29, 0.717) is 0 Å².